The predicted molar refractivity (Wildman–Crippen MR) is 69.7 cm³/mol. The second-order valence-electron chi connectivity index (χ2n) is 5.36. The first kappa shape index (κ1) is 14.0. The second kappa shape index (κ2) is 6.02. The minimum Gasteiger partial charge on any atom is -0.375 e. The third-order valence-corrected chi connectivity index (χ3v) is 4.18. The van der Waals surface area contributed by atoms with Gasteiger partial charge in [0, 0.05) is 11.5 Å². The number of nitrogens with one attached hydrogen (secondary N) is 1. The molecule has 1 rings (SSSR count). The summed E-state index contributed by atoms with van der Waals surface area (Å²) in [6, 6.07) is 0.672. The molecule has 0 spiro atoms. The molecule has 0 bridgehead atoms. The van der Waals surface area contributed by atoms with Gasteiger partial charge in [0.15, 0.2) is 0 Å². The van der Waals surface area contributed by atoms with Crippen molar-refractivity contribution in [1.82, 2.24) is 5.32 Å². The monoisotopic (exact) mass is 227 g/mol. The van der Waals surface area contributed by atoms with Gasteiger partial charge in [-0.3, -0.25) is 0 Å². The van der Waals surface area contributed by atoms with E-state index < -0.39 is 0 Å². The first-order valence-corrected chi connectivity index (χ1v) is 6.99. The molecule has 1 saturated carbocycles. The summed E-state index contributed by atoms with van der Waals surface area (Å²) in [6.07, 6.45) is 5.69. The molecular formula is C14H29NO. The van der Waals surface area contributed by atoms with Gasteiger partial charge in [-0.05, 0) is 46.1 Å². The van der Waals surface area contributed by atoms with Crippen molar-refractivity contribution in [1.29, 1.82) is 0 Å². The molecule has 1 aliphatic carbocycles. The van der Waals surface area contributed by atoms with E-state index in [9.17, 15) is 0 Å². The molecule has 2 nitrogen and oxygen atoms in total. The Kier molecular flexibility index (Phi) is 5.26. The first-order valence-electron chi connectivity index (χ1n) is 6.99. The van der Waals surface area contributed by atoms with Crippen LogP contribution in [0.3, 0.4) is 0 Å². The largest absolute Gasteiger partial charge is 0.375 e. The molecular weight excluding hydrogens is 198 g/mol. The smallest absolute Gasteiger partial charge is 0.0664 e. The van der Waals surface area contributed by atoms with Crippen LogP contribution in [-0.4, -0.2) is 24.8 Å². The van der Waals surface area contributed by atoms with E-state index in [1.807, 2.05) is 0 Å². The van der Waals surface area contributed by atoms with Crippen molar-refractivity contribution in [3.63, 3.8) is 0 Å². The maximum absolute atomic E-state index is 6.05. The van der Waals surface area contributed by atoms with Gasteiger partial charge in [0.05, 0.1) is 12.2 Å². The normalized spacial score (nSPS) is 28.1. The van der Waals surface area contributed by atoms with Crippen LogP contribution in [0.1, 0.15) is 60.3 Å². The van der Waals surface area contributed by atoms with Gasteiger partial charge in [0.1, 0.15) is 0 Å². The van der Waals surface area contributed by atoms with Crippen molar-refractivity contribution < 1.29 is 4.74 Å². The summed E-state index contributed by atoms with van der Waals surface area (Å²) in [7, 11) is 0. The Balaban J connectivity index is 2.57. The molecule has 1 aliphatic rings. The third-order valence-electron chi connectivity index (χ3n) is 4.18. The van der Waals surface area contributed by atoms with E-state index in [2.05, 4.69) is 39.9 Å². The summed E-state index contributed by atoms with van der Waals surface area (Å²) in [5.74, 6) is 0. The zero-order chi connectivity index (χ0) is 12.2. The van der Waals surface area contributed by atoms with E-state index in [0.29, 0.717) is 23.7 Å². The van der Waals surface area contributed by atoms with Gasteiger partial charge in [0.25, 0.3) is 0 Å². The molecule has 0 aromatic rings. The van der Waals surface area contributed by atoms with Crippen LogP contribution in [0.5, 0.6) is 0 Å². The van der Waals surface area contributed by atoms with E-state index in [-0.39, 0.29) is 0 Å². The van der Waals surface area contributed by atoms with E-state index in [1.165, 1.54) is 25.7 Å². The van der Waals surface area contributed by atoms with Gasteiger partial charge in [-0.25, -0.2) is 0 Å². The van der Waals surface area contributed by atoms with Gasteiger partial charge in [-0.1, -0.05) is 20.8 Å². The zero-order valence-electron chi connectivity index (χ0n) is 11.7. The molecule has 1 N–H and O–H groups in total. The molecule has 0 radical (unpaired) electrons. The molecule has 0 aliphatic heterocycles. The minimum absolute atomic E-state index is 0.356. The second-order valence-corrected chi connectivity index (χ2v) is 5.36. The van der Waals surface area contributed by atoms with Crippen LogP contribution in [0.2, 0.25) is 0 Å². The lowest BCUT2D eigenvalue weighted by molar-refractivity contribution is -0.159. The summed E-state index contributed by atoms with van der Waals surface area (Å²) in [5.41, 5.74) is 0.388. The molecule has 0 heterocycles. The Hall–Kier alpha value is -0.0800. The molecule has 0 aromatic heterocycles. The molecule has 0 amide bonds. The van der Waals surface area contributed by atoms with E-state index >= 15 is 0 Å². The van der Waals surface area contributed by atoms with Crippen LogP contribution in [0.15, 0.2) is 0 Å². The first-order chi connectivity index (χ1) is 7.60. The molecule has 2 heteroatoms. The highest BCUT2D eigenvalue weighted by atomic mass is 16.5. The molecule has 16 heavy (non-hydrogen) atoms. The summed E-state index contributed by atoms with van der Waals surface area (Å²) >= 11 is 0. The maximum Gasteiger partial charge on any atom is 0.0664 e. The lowest BCUT2D eigenvalue weighted by atomic mass is 9.58. The van der Waals surface area contributed by atoms with Crippen LogP contribution in [0.4, 0.5) is 0 Å². The summed E-state index contributed by atoms with van der Waals surface area (Å²) in [6.45, 7) is 12.3. The fourth-order valence-corrected chi connectivity index (χ4v) is 3.07. The summed E-state index contributed by atoms with van der Waals surface area (Å²) in [5, 5.41) is 3.68. The molecule has 0 saturated heterocycles. The van der Waals surface area contributed by atoms with Crippen LogP contribution in [0.25, 0.3) is 0 Å². The average Bonchev–Trinajstić information content (AvgIpc) is 2.24. The molecule has 0 aromatic carbocycles. The number of hydrogen-bond donors (Lipinski definition) is 1. The fraction of sp³-hybridized carbons (Fsp3) is 1.00. The lowest BCUT2D eigenvalue weighted by Gasteiger charge is -2.56. The van der Waals surface area contributed by atoms with E-state index in [0.717, 1.165) is 6.54 Å². The highest BCUT2D eigenvalue weighted by Gasteiger charge is 2.53. The Morgan fingerprint density at radius 3 is 2.31 bits per heavy atom. The number of ether oxygens (including phenoxy) is 1. The van der Waals surface area contributed by atoms with Crippen molar-refractivity contribution >= 4 is 0 Å². The van der Waals surface area contributed by atoms with Gasteiger partial charge in [0.2, 0.25) is 0 Å². The van der Waals surface area contributed by atoms with Crippen molar-refractivity contribution in [2.75, 3.05) is 6.54 Å². The van der Waals surface area contributed by atoms with Crippen LogP contribution < -0.4 is 5.32 Å². The van der Waals surface area contributed by atoms with Gasteiger partial charge >= 0.3 is 0 Å². The Morgan fingerprint density at radius 1 is 1.25 bits per heavy atom. The quantitative estimate of drug-likeness (QED) is 0.720. The summed E-state index contributed by atoms with van der Waals surface area (Å²) < 4.78 is 6.05. The van der Waals surface area contributed by atoms with Crippen molar-refractivity contribution in [2.24, 2.45) is 5.41 Å². The van der Waals surface area contributed by atoms with Crippen molar-refractivity contribution in [3.8, 4) is 0 Å². The summed E-state index contributed by atoms with van der Waals surface area (Å²) in [4.78, 5) is 0. The van der Waals surface area contributed by atoms with Crippen molar-refractivity contribution in [2.45, 2.75) is 78.6 Å². The lowest BCUT2D eigenvalue weighted by Crippen LogP contribution is -2.63. The SMILES string of the molecule is CCCNC1CC(OC(C)C)C1(CC)CC. The Morgan fingerprint density at radius 2 is 1.88 bits per heavy atom. The van der Waals surface area contributed by atoms with Gasteiger partial charge < -0.3 is 10.1 Å². The fourth-order valence-electron chi connectivity index (χ4n) is 3.07. The minimum atomic E-state index is 0.356. The van der Waals surface area contributed by atoms with Crippen molar-refractivity contribution in [3.05, 3.63) is 0 Å². The molecule has 1 fully saturated rings. The van der Waals surface area contributed by atoms with Crippen LogP contribution in [0, 0.1) is 5.41 Å². The number of hydrogen-bond acceptors (Lipinski definition) is 2. The van der Waals surface area contributed by atoms with E-state index in [4.69, 9.17) is 4.74 Å². The predicted octanol–water partition coefficient (Wildman–Crippen LogP) is 3.36. The Labute approximate surface area is 101 Å². The van der Waals surface area contributed by atoms with Crippen LogP contribution >= 0.6 is 0 Å². The number of rotatable bonds is 7. The topological polar surface area (TPSA) is 21.3 Å². The standard InChI is InChI=1S/C14H29NO/c1-6-9-15-12-10-13(16-11(4)5)14(12,7-2)8-3/h11-13,15H,6-10H2,1-5H3. The average molecular weight is 227 g/mol. The third kappa shape index (κ3) is 2.60. The molecule has 96 valence electrons. The maximum atomic E-state index is 6.05. The Bertz CT molecular complexity index is 199. The molecule has 2 atom stereocenters. The highest BCUT2D eigenvalue weighted by Crippen LogP contribution is 2.49. The van der Waals surface area contributed by atoms with Crippen LogP contribution in [-0.2, 0) is 4.74 Å². The zero-order valence-corrected chi connectivity index (χ0v) is 11.7. The molecule has 2 unspecified atom stereocenters. The van der Waals surface area contributed by atoms with Gasteiger partial charge in [-0.15, -0.1) is 0 Å². The van der Waals surface area contributed by atoms with E-state index in [1.54, 1.807) is 0 Å². The van der Waals surface area contributed by atoms with Gasteiger partial charge in [-0.2, -0.15) is 0 Å². The highest BCUT2D eigenvalue weighted by molar-refractivity contribution is 5.06.